The fourth-order valence-corrected chi connectivity index (χ4v) is 3.94. The summed E-state index contributed by atoms with van der Waals surface area (Å²) in [6.45, 7) is 11.9. The molecular formula is C20H26ClN3O3. The maximum absolute atomic E-state index is 11.8. The van der Waals surface area contributed by atoms with E-state index in [1.165, 1.54) is 0 Å². The number of nitrogens with zero attached hydrogens (tertiary/aromatic N) is 3. The summed E-state index contributed by atoms with van der Waals surface area (Å²) in [5, 5.41) is 4.47. The Labute approximate surface area is 164 Å². The summed E-state index contributed by atoms with van der Waals surface area (Å²) in [5.41, 5.74) is 0.908. The van der Waals surface area contributed by atoms with Gasteiger partial charge in [0.15, 0.2) is 5.82 Å². The van der Waals surface area contributed by atoms with Crippen molar-refractivity contribution in [3.05, 3.63) is 35.1 Å². The minimum absolute atomic E-state index is 0.0850. The molecule has 7 heteroatoms. The van der Waals surface area contributed by atoms with E-state index in [2.05, 4.69) is 37.8 Å². The van der Waals surface area contributed by atoms with Crippen LogP contribution < -0.4 is 4.74 Å². The molecule has 1 saturated carbocycles. The van der Waals surface area contributed by atoms with Crippen LogP contribution in [-0.4, -0.2) is 33.9 Å². The molecule has 0 spiro atoms. The van der Waals surface area contributed by atoms with Gasteiger partial charge in [0.2, 0.25) is 5.88 Å². The van der Waals surface area contributed by atoms with Gasteiger partial charge in [-0.25, -0.2) is 14.5 Å². The van der Waals surface area contributed by atoms with E-state index in [1.807, 2.05) is 0 Å². The molecule has 1 aliphatic rings. The topological polar surface area (TPSA) is 66.2 Å². The van der Waals surface area contributed by atoms with Crippen molar-refractivity contribution < 1.29 is 14.3 Å². The van der Waals surface area contributed by atoms with Crippen LogP contribution in [-0.2, 0) is 4.74 Å². The molecule has 0 bridgehead atoms. The fraction of sp³-hybridized carbons (Fsp3) is 0.550. The van der Waals surface area contributed by atoms with Crippen LogP contribution in [0.25, 0.3) is 5.82 Å². The van der Waals surface area contributed by atoms with E-state index in [-0.39, 0.29) is 17.3 Å². The third kappa shape index (κ3) is 3.55. The number of rotatable bonds is 7. The van der Waals surface area contributed by atoms with Gasteiger partial charge in [0, 0.05) is 12.3 Å². The largest absolute Gasteiger partial charge is 0.477 e. The predicted octanol–water partition coefficient (Wildman–Crippen LogP) is 4.55. The Hall–Kier alpha value is -2.08. The number of pyridine rings is 1. The van der Waals surface area contributed by atoms with Gasteiger partial charge in [0.25, 0.3) is 0 Å². The molecule has 0 radical (unpaired) electrons. The fourth-order valence-electron chi connectivity index (χ4n) is 3.71. The molecule has 2 aromatic heterocycles. The summed E-state index contributed by atoms with van der Waals surface area (Å²) < 4.78 is 12.3. The van der Waals surface area contributed by atoms with E-state index < -0.39 is 5.97 Å². The summed E-state index contributed by atoms with van der Waals surface area (Å²) in [7, 11) is 0. The Bertz CT molecular complexity index is 849. The Morgan fingerprint density at radius 2 is 2.00 bits per heavy atom. The zero-order valence-corrected chi connectivity index (χ0v) is 17.2. The van der Waals surface area contributed by atoms with E-state index in [9.17, 15) is 4.79 Å². The molecular weight excluding hydrogens is 366 g/mol. The van der Waals surface area contributed by atoms with Gasteiger partial charge in [0.05, 0.1) is 18.8 Å². The van der Waals surface area contributed by atoms with Crippen LogP contribution >= 0.6 is 11.6 Å². The van der Waals surface area contributed by atoms with Crippen molar-refractivity contribution in [3.63, 3.8) is 0 Å². The van der Waals surface area contributed by atoms with Crippen LogP contribution in [0.3, 0.4) is 0 Å². The Balaban J connectivity index is 1.62. The van der Waals surface area contributed by atoms with Crippen LogP contribution in [0.1, 0.15) is 51.4 Å². The van der Waals surface area contributed by atoms with E-state index in [1.54, 1.807) is 36.0 Å². The molecule has 0 saturated heterocycles. The summed E-state index contributed by atoms with van der Waals surface area (Å²) in [6, 6.07) is 5.05. The third-order valence-corrected chi connectivity index (χ3v) is 6.72. The van der Waals surface area contributed by atoms with Gasteiger partial charge in [-0.1, -0.05) is 39.3 Å². The first kappa shape index (κ1) is 19.7. The van der Waals surface area contributed by atoms with Crippen LogP contribution in [0.2, 0.25) is 5.15 Å². The molecule has 2 atom stereocenters. The first-order valence-electron chi connectivity index (χ1n) is 9.23. The number of aromatic nitrogens is 3. The normalized spacial score (nSPS) is 23.1. The zero-order chi connectivity index (χ0) is 19.8. The first-order chi connectivity index (χ1) is 12.7. The summed E-state index contributed by atoms with van der Waals surface area (Å²) in [4.78, 5) is 16.0. The lowest BCUT2D eigenvalue weighted by molar-refractivity contribution is 0.0526. The molecule has 0 aromatic carbocycles. The van der Waals surface area contributed by atoms with Crippen molar-refractivity contribution >= 4 is 17.6 Å². The molecule has 0 N–H and O–H groups in total. The van der Waals surface area contributed by atoms with E-state index in [4.69, 9.17) is 21.1 Å². The third-order valence-electron chi connectivity index (χ3n) is 6.43. The maximum atomic E-state index is 11.8. The number of hydrogen-bond donors (Lipinski definition) is 0. The maximum Gasteiger partial charge on any atom is 0.341 e. The molecule has 27 heavy (non-hydrogen) atoms. The summed E-state index contributed by atoms with van der Waals surface area (Å²) >= 11 is 6.11. The monoisotopic (exact) mass is 391 g/mol. The number of carbonyl (C=O) groups is 1. The molecule has 1 aliphatic carbocycles. The van der Waals surface area contributed by atoms with Crippen LogP contribution in [0.5, 0.6) is 5.88 Å². The molecule has 2 unspecified atom stereocenters. The highest BCUT2D eigenvalue weighted by molar-refractivity contribution is 6.32. The highest BCUT2D eigenvalue weighted by atomic mass is 35.5. The lowest BCUT2D eigenvalue weighted by Crippen LogP contribution is -2.10. The number of hydrogen-bond acceptors (Lipinski definition) is 5. The van der Waals surface area contributed by atoms with Crippen molar-refractivity contribution in [1.82, 2.24) is 14.8 Å². The van der Waals surface area contributed by atoms with Gasteiger partial charge in [0.1, 0.15) is 5.15 Å². The smallest absolute Gasteiger partial charge is 0.341 e. The molecule has 0 amide bonds. The van der Waals surface area contributed by atoms with Crippen molar-refractivity contribution in [2.75, 3.05) is 13.2 Å². The Morgan fingerprint density at radius 1 is 1.30 bits per heavy atom. The number of carbonyl (C=O) groups excluding carboxylic acids is 1. The lowest BCUT2D eigenvalue weighted by Gasteiger charge is -2.14. The predicted molar refractivity (Wildman–Crippen MR) is 103 cm³/mol. The molecule has 1 fully saturated rings. The summed E-state index contributed by atoms with van der Waals surface area (Å²) in [6.07, 6.45) is 2.75. The van der Waals surface area contributed by atoms with E-state index in [0.717, 1.165) is 6.42 Å². The SMILES string of the molecule is CCOC(=O)c1ccc(-n2ccc(OCCC3(C)C(C)C3(C)C)n2)nc1Cl. The zero-order valence-electron chi connectivity index (χ0n) is 16.5. The van der Waals surface area contributed by atoms with E-state index >= 15 is 0 Å². The lowest BCUT2D eigenvalue weighted by atomic mass is 9.95. The highest BCUT2D eigenvalue weighted by Crippen LogP contribution is 2.70. The van der Waals surface area contributed by atoms with Gasteiger partial charge in [-0.2, -0.15) is 0 Å². The van der Waals surface area contributed by atoms with Crippen LogP contribution in [0.15, 0.2) is 24.4 Å². The van der Waals surface area contributed by atoms with Gasteiger partial charge >= 0.3 is 5.97 Å². The second-order valence-electron chi connectivity index (χ2n) is 7.79. The van der Waals surface area contributed by atoms with Crippen molar-refractivity contribution in [1.29, 1.82) is 0 Å². The molecule has 2 aromatic rings. The Kier molecular flexibility index (Phi) is 5.21. The van der Waals surface area contributed by atoms with Crippen molar-refractivity contribution in [2.45, 2.75) is 41.0 Å². The van der Waals surface area contributed by atoms with Crippen LogP contribution in [0, 0.1) is 16.7 Å². The number of esters is 1. The standard InChI is InChI=1S/C20H26ClN3O3/c1-6-26-18(25)14-7-8-15(22-17(14)21)24-11-9-16(23-24)27-12-10-20(5)13(2)19(20,3)4/h7-9,11,13H,6,10,12H2,1-5H3. The van der Waals surface area contributed by atoms with Crippen molar-refractivity contribution in [2.24, 2.45) is 16.7 Å². The molecule has 0 aliphatic heterocycles. The molecule has 2 heterocycles. The highest BCUT2D eigenvalue weighted by Gasteiger charge is 2.64. The van der Waals surface area contributed by atoms with Gasteiger partial charge in [-0.05, 0) is 42.2 Å². The Morgan fingerprint density at radius 3 is 2.59 bits per heavy atom. The average molecular weight is 392 g/mol. The minimum Gasteiger partial charge on any atom is -0.477 e. The van der Waals surface area contributed by atoms with Crippen LogP contribution in [0.4, 0.5) is 0 Å². The minimum atomic E-state index is -0.489. The first-order valence-corrected chi connectivity index (χ1v) is 9.61. The van der Waals surface area contributed by atoms with E-state index in [0.29, 0.717) is 35.1 Å². The second kappa shape index (κ2) is 7.15. The van der Waals surface area contributed by atoms with Gasteiger partial charge in [-0.15, -0.1) is 5.10 Å². The molecule has 146 valence electrons. The molecule has 3 rings (SSSR count). The number of halogens is 1. The second-order valence-corrected chi connectivity index (χ2v) is 8.14. The quantitative estimate of drug-likeness (QED) is 0.511. The average Bonchev–Trinajstić information content (AvgIpc) is 2.98. The van der Waals surface area contributed by atoms with Gasteiger partial charge in [-0.3, -0.25) is 0 Å². The van der Waals surface area contributed by atoms with Gasteiger partial charge < -0.3 is 9.47 Å². The van der Waals surface area contributed by atoms with Crippen molar-refractivity contribution in [3.8, 4) is 11.7 Å². The summed E-state index contributed by atoms with van der Waals surface area (Å²) in [5.74, 6) is 1.25. The number of ether oxygens (including phenoxy) is 2. The molecule has 6 nitrogen and oxygen atoms in total.